The molecule has 0 fully saturated rings. The summed E-state index contributed by atoms with van der Waals surface area (Å²) in [7, 11) is 0. The molecule has 0 spiro atoms. The van der Waals surface area contributed by atoms with E-state index in [9.17, 15) is 9.90 Å². The van der Waals surface area contributed by atoms with E-state index in [1.807, 2.05) is 54.6 Å². The Morgan fingerprint density at radius 2 is 1.77 bits per heavy atom. The second-order valence-electron chi connectivity index (χ2n) is 5.41. The summed E-state index contributed by atoms with van der Waals surface area (Å²) in [5, 5.41) is 13.4. The topological polar surface area (TPSA) is 49.3 Å². The van der Waals surface area contributed by atoms with Crippen LogP contribution in [0.25, 0.3) is 0 Å². The zero-order valence-electron chi connectivity index (χ0n) is 11.9. The van der Waals surface area contributed by atoms with Crippen molar-refractivity contribution in [2.45, 2.75) is 11.5 Å². The van der Waals surface area contributed by atoms with E-state index >= 15 is 0 Å². The van der Waals surface area contributed by atoms with Gasteiger partial charge in [0, 0.05) is 9.26 Å². The minimum atomic E-state index is -0.800. The number of rotatable bonds is 4. The van der Waals surface area contributed by atoms with Crippen LogP contribution in [-0.4, -0.2) is 23.0 Å². The predicted octanol–water partition coefficient (Wildman–Crippen LogP) is 3.36. The molecule has 0 aromatic heterocycles. The predicted molar refractivity (Wildman–Crippen MR) is 95.9 cm³/mol. The maximum absolute atomic E-state index is 12.4. The number of aliphatic hydroxyl groups excluding tert-OH is 1. The van der Waals surface area contributed by atoms with Crippen molar-refractivity contribution >= 4 is 34.1 Å². The van der Waals surface area contributed by atoms with E-state index < -0.39 is 11.5 Å². The van der Waals surface area contributed by atoms with E-state index in [0.29, 0.717) is 0 Å². The molecule has 112 valence electrons. The Hall–Kier alpha value is -1.66. The molecule has 3 rings (SSSR count). The number of ketones is 1. The maximum atomic E-state index is 12.4. The quantitative estimate of drug-likeness (QED) is 0.768. The van der Waals surface area contributed by atoms with E-state index in [4.69, 9.17) is 0 Å². The molecule has 1 unspecified atom stereocenters. The molecule has 0 radical (unpaired) electrons. The van der Waals surface area contributed by atoms with Crippen LogP contribution in [0.2, 0.25) is 0 Å². The van der Waals surface area contributed by atoms with Crippen molar-refractivity contribution < 1.29 is 9.90 Å². The van der Waals surface area contributed by atoms with Crippen LogP contribution < -0.4 is 5.32 Å². The molecule has 3 nitrogen and oxygen atoms in total. The summed E-state index contributed by atoms with van der Waals surface area (Å²) in [4.78, 5) is 12.4. The highest BCUT2D eigenvalue weighted by Gasteiger charge is 2.45. The Kier molecular flexibility index (Phi) is 4.31. The first kappa shape index (κ1) is 15.2. The van der Waals surface area contributed by atoms with Gasteiger partial charge in [0.25, 0.3) is 0 Å². The summed E-state index contributed by atoms with van der Waals surface area (Å²) in [6.07, 6.45) is 3.35. The molecule has 22 heavy (non-hydrogen) atoms. The maximum Gasteiger partial charge on any atom is 0.165 e. The van der Waals surface area contributed by atoms with Crippen molar-refractivity contribution in [3.63, 3.8) is 0 Å². The monoisotopic (exact) mass is 405 g/mol. The molecule has 1 aliphatic rings. The standard InChI is InChI=1S/C18H16INO2/c19-14-6-8-15(9-7-14)20-18(12-21)11-10-16(22)17(18)13-4-2-1-3-5-13/h1-11,17,20-21H,12H2/t17?,18-/m1/s1. The minimum absolute atomic E-state index is 0.0123. The van der Waals surface area contributed by atoms with E-state index in [-0.39, 0.29) is 12.4 Å². The van der Waals surface area contributed by atoms with Crippen LogP contribution in [0.1, 0.15) is 11.5 Å². The van der Waals surface area contributed by atoms with Gasteiger partial charge in [0.15, 0.2) is 5.78 Å². The largest absolute Gasteiger partial charge is 0.394 e. The molecule has 0 bridgehead atoms. The molecule has 0 saturated heterocycles. The van der Waals surface area contributed by atoms with E-state index in [1.165, 1.54) is 0 Å². The van der Waals surface area contributed by atoms with Crippen molar-refractivity contribution in [2.75, 3.05) is 11.9 Å². The van der Waals surface area contributed by atoms with Crippen molar-refractivity contribution in [3.05, 3.63) is 75.9 Å². The van der Waals surface area contributed by atoms with Gasteiger partial charge in [-0.25, -0.2) is 0 Å². The number of carbonyl (C=O) groups excluding carboxylic acids is 1. The third-order valence-electron chi connectivity index (χ3n) is 3.96. The Balaban J connectivity index is 1.97. The number of hydrogen-bond donors (Lipinski definition) is 2. The Labute approximate surface area is 143 Å². The van der Waals surface area contributed by atoms with Gasteiger partial charge in [-0.15, -0.1) is 0 Å². The third-order valence-corrected chi connectivity index (χ3v) is 4.68. The Bertz CT molecular complexity index is 697. The summed E-state index contributed by atoms with van der Waals surface area (Å²) in [5.74, 6) is -0.406. The van der Waals surface area contributed by atoms with Crippen molar-refractivity contribution in [1.29, 1.82) is 0 Å². The first-order valence-corrected chi connectivity index (χ1v) is 8.15. The van der Waals surface area contributed by atoms with E-state index in [2.05, 4.69) is 27.9 Å². The molecule has 1 aliphatic carbocycles. The summed E-state index contributed by atoms with van der Waals surface area (Å²) in [6, 6.07) is 17.5. The van der Waals surface area contributed by atoms with Crippen LogP contribution in [0.3, 0.4) is 0 Å². The summed E-state index contributed by atoms with van der Waals surface area (Å²) < 4.78 is 1.14. The van der Waals surface area contributed by atoms with Gasteiger partial charge in [0.1, 0.15) is 0 Å². The third kappa shape index (κ3) is 2.80. The molecule has 0 aliphatic heterocycles. The molecular weight excluding hydrogens is 389 g/mol. The number of halogens is 1. The average molecular weight is 405 g/mol. The molecule has 2 aromatic carbocycles. The molecule has 2 N–H and O–H groups in total. The molecular formula is C18H16INO2. The SMILES string of the molecule is O=C1C=C[C@](CO)(Nc2ccc(I)cc2)C1c1ccccc1. The van der Waals surface area contributed by atoms with Gasteiger partial charge in [-0.3, -0.25) is 4.79 Å². The Morgan fingerprint density at radius 1 is 1.09 bits per heavy atom. The number of hydrogen-bond acceptors (Lipinski definition) is 3. The molecule has 0 saturated carbocycles. The molecule has 4 heteroatoms. The second-order valence-corrected chi connectivity index (χ2v) is 6.66. The van der Waals surface area contributed by atoms with Crippen LogP contribution in [0.4, 0.5) is 5.69 Å². The van der Waals surface area contributed by atoms with Crippen LogP contribution in [-0.2, 0) is 4.79 Å². The molecule has 0 heterocycles. The number of anilines is 1. The van der Waals surface area contributed by atoms with Gasteiger partial charge in [-0.05, 0) is 58.5 Å². The normalized spacial score (nSPS) is 23.7. The summed E-state index contributed by atoms with van der Waals surface area (Å²) in [6.45, 7) is -0.152. The highest BCUT2D eigenvalue weighted by atomic mass is 127. The number of nitrogens with one attached hydrogen (secondary N) is 1. The minimum Gasteiger partial charge on any atom is -0.394 e. The van der Waals surface area contributed by atoms with E-state index in [0.717, 1.165) is 14.8 Å². The highest BCUT2D eigenvalue weighted by molar-refractivity contribution is 14.1. The van der Waals surface area contributed by atoms with Crippen LogP contribution >= 0.6 is 22.6 Å². The van der Waals surface area contributed by atoms with Gasteiger partial charge >= 0.3 is 0 Å². The zero-order chi connectivity index (χ0) is 15.6. The fraction of sp³-hybridized carbons (Fsp3) is 0.167. The lowest BCUT2D eigenvalue weighted by atomic mass is 9.81. The molecule has 2 aromatic rings. The van der Waals surface area contributed by atoms with Crippen molar-refractivity contribution in [1.82, 2.24) is 0 Å². The number of allylic oxidation sites excluding steroid dienone is 1. The molecule has 2 atom stereocenters. The van der Waals surface area contributed by atoms with Crippen molar-refractivity contribution in [2.24, 2.45) is 0 Å². The van der Waals surface area contributed by atoms with Crippen molar-refractivity contribution in [3.8, 4) is 0 Å². The lowest BCUT2D eigenvalue weighted by molar-refractivity contribution is -0.116. The van der Waals surface area contributed by atoms with Gasteiger partial charge in [-0.2, -0.15) is 0 Å². The second kappa shape index (κ2) is 6.22. The smallest absolute Gasteiger partial charge is 0.165 e. The molecule has 0 amide bonds. The number of carbonyl (C=O) groups is 1. The Morgan fingerprint density at radius 3 is 2.41 bits per heavy atom. The van der Waals surface area contributed by atoms with Gasteiger partial charge in [0.2, 0.25) is 0 Å². The van der Waals surface area contributed by atoms with Gasteiger partial charge < -0.3 is 10.4 Å². The van der Waals surface area contributed by atoms with Crippen LogP contribution in [0.15, 0.2) is 66.7 Å². The van der Waals surface area contributed by atoms with Crippen LogP contribution in [0, 0.1) is 3.57 Å². The van der Waals surface area contributed by atoms with Gasteiger partial charge in [0.05, 0.1) is 18.1 Å². The average Bonchev–Trinajstić information content (AvgIpc) is 2.87. The fourth-order valence-corrected chi connectivity index (χ4v) is 3.24. The zero-order valence-corrected chi connectivity index (χ0v) is 14.0. The fourth-order valence-electron chi connectivity index (χ4n) is 2.88. The van der Waals surface area contributed by atoms with E-state index in [1.54, 1.807) is 12.2 Å². The lowest BCUT2D eigenvalue weighted by Crippen LogP contribution is -2.45. The summed E-state index contributed by atoms with van der Waals surface area (Å²) >= 11 is 2.25. The number of aliphatic hydroxyl groups is 1. The lowest BCUT2D eigenvalue weighted by Gasteiger charge is -2.34. The van der Waals surface area contributed by atoms with Crippen LogP contribution in [0.5, 0.6) is 0 Å². The number of benzene rings is 2. The van der Waals surface area contributed by atoms with Gasteiger partial charge in [-0.1, -0.05) is 36.4 Å². The first-order chi connectivity index (χ1) is 10.6. The highest BCUT2D eigenvalue weighted by Crippen LogP contribution is 2.38. The summed E-state index contributed by atoms with van der Waals surface area (Å²) in [5.41, 5.74) is 0.991. The first-order valence-electron chi connectivity index (χ1n) is 7.07.